The molecule has 22 heavy (non-hydrogen) atoms. The molecule has 0 unspecified atom stereocenters. The van der Waals surface area contributed by atoms with E-state index in [0.717, 1.165) is 37.2 Å². The van der Waals surface area contributed by atoms with Crippen LogP contribution in [0.3, 0.4) is 0 Å². The molecule has 0 radical (unpaired) electrons. The van der Waals surface area contributed by atoms with E-state index in [1.54, 1.807) is 19.2 Å². The number of hydrogen-bond acceptors (Lipinski definition) is 6. The zero-order chi connectivity index (χ0) is 15.8. The molecule has 0 amide bonds. The van der Waals surface area contributed by atoms with Crippen molar-refractivity contribution in [3.8, 4) is 5.75 Å². The fourth-order valence-corrected chi connectivity index (χ4v) is 2.29. The van der Waals surface area contributed by atoms with Crippen molar-refractivity contribution in [3.05, 3.63) is 33.9 Å². The van der Waals surface area contributed by atoms with Crippen molar-refractivity contribution in [1.82, 2.24) is 5.32 Å². The number of hydrogen-bond donors (Lipinski definition) is 2. The Kier molecular flexibility index (Phi) is 10.6. The third-order valence-electron chi connectivity index (χ3n) is 3.20. The Balaban J connectivity index is 0.000000791. The van der Waals surface area contributed by atoms with E-state index in [0.29, 0.717) is 5.92 Å². The Morgan fingerprint density at radius 3 is 2.41 bits per heavy atom. The number of carbonyl (C=O) groups is 1. The van der Waals surface area contributed by atoms with Crippen LogP contribution in [0.4, 0.5) is 10.5 Å². The molecule has 0 saturated carbocycles. The minimum Gasteiger partial charge on any atom is -0.565 e. The Hall–Kier alpha value is -0.714. The maximum atomic E-state index is 10.8. The molecular weight excluding hydrogens is 319 g/mol. The second-order valence-corrected chi connectivity index (χ2v) is 4.47. The predicted molar refractivity (Wildman–Crippen MR) is 72.5 cm³/mol. The van der Waals surface area contributed by atoms with Crippen molar-refractivity contribution in [2.45, 2.75) is 18.8 Å². The van der Waals surface area contributed by atoms with E-state index in [2.05, 4.69) is 5.32 Å². The third-order valence-corrected chi connectivity index (χ3v) is 3.20. The van der Waals surface area contributed by atoms with E-state index in [1.165, 1.54) is 6.07 Å². The van der Waals surface area contributed by atoms with Crippen molar-refractivity contribution < 1.29 is 76.1 Å². The molecular formula is C13H17KN2O6. The molecule has 0 aromatic heterocycles. The fraction of sp³-hybridized carbons (Fsp3) is 0.462. The van der Waals surface area contributed by atoms with E-state index in [4.69, 9.17) is 19.7 Å². The Labute approximate surface area is 170 Å². The zero-order valence-corrected chi connectivity index (χ0v) is 15.7. The number of nitrogens with one attached hydrogen (secondary N) is 1. The summed E-state index contributed by atoms with van der Waals surface area (Å²) in [4.78, 5) is 18.9. The van der Waals surface area contributed by atoms with Gasteiger partial charge in [-0.05, 0) is 37.9 Å². The van der Waals surface area contributed by atoms with Gasteiger partial charge < -0.3 is 25.1 Å². The topological polar surface area (TPSA) is 125 Å². The van der Waals surface area contributed by atoms with Crippen molar-refractivity contribution >= 4 is 11.8 Å². The maximum Gasteiger partial charge on any atom is 1.00 e. The average molecular weight is 336 g/mol. The molecule has 9 heteroatoms. The van der Waals surface area contributed by atoms with Crippen molar-refractivity contribution in [2.24, 2.45) is 0 Å². The summed E-state index contributed by atoms with van der Waals surface area (Å²) < 4.78 is 5.29. The number of rotatable bonds is 3. The summed E-state index contributed by atoms with van der Waals surface area (Å²) in [5, 5.41) is 29.4. The van der Waals surface area contributed by atoms with Gasteiger partial charge in [-0.3, -0.25) is 10.1 Å². The molecule has 1 fully saturated rings. The summed E-state index contributed by atoms with van der Waals surface area (Å²) in [7, 11) is 1.60. The monoisotopic (exact) mass is 336 g/mol. The summed E-state index contributed by atoms with van der Waals surface area (Å²) in [6, 6.07) is 4.83. The van der Waals surface area contributed by atoms with Crippen LogP contribution in [0.2, 0.25) is 0 Å². The number of nitro groups is 1. The maximum absolute atomic E-state index is 10.8. The van der Waals surface area contributed by atoms with Gasteiger partial charge in [-0.25, -0.2) is 0 Å². The van der Waals surface area contributed by atoms with Crippen LogP contribution < -0.4 is 66.5 Å². The van der Waals surface area contributed by atoms with Crippen LogP contribution in [0, 0.1) is 10.1 Å². The van der Waals surface area contributed by atoms with Gasteiger partial charge in [0, 0.05) is 17.7 Å². The first kappa shape index (κ1) is 21.3. The Morgan fingerprint density at radius 1 is 1.41 bits per heavy atom. The normalized spacial score (nSPS) is 14.0. The summed E-state index contributed by atoms with van der Waals surface area (Å²) in [5.74, 6) is 1.11. The summed E-state index contributed by atoms with van der Waals surface area (Å²) >= 11 is 0. The Morgan fingerprint density at radius 2 is 1.95 bits per heavy atom. The van der Waals surface area contributed by atoms with Crippen LogP contribution >= 0.6 is 0 Å². The number of non-ortho nitro benzene ring substituents is 1. The van der Waals surface area contributed by atoms with Crippen LogP contribution in [-0.2, 0) is 0 Å². The van der Waals surface area contributed by atoms with Crippen molar-refractivity contribution in [1.29, 1.82) is 0 Å². The van der Waals surface area contributed by atoms with Gasteiger partial charge in [-0.2, -0.15) is 0 Å². The van der Waals surface area contributed by atoms with Gasteiger partial charge in [0.05, 0.1) is 12.0 Å². The number of methoxy groups -OCH3 is 1. The first-order valence-electron chi connectivity index (χ1n) is 6.38. The summed E-state index contributed by atoms with van der Waals surface area (Å²) in [6.07, 6.45) is -0.0882. The first-order valence-corrected chi connectivity index (χ1v) is 6.38. The second kappa shape index (κ2) is 10.9. The fourth-order valence-electron chi connectivity index (χ4n) is 2.29. The molecule has 0 aliphatic carbocycles. The zero-order valence-electron chi connectivity index (χ0n) is 12.6. The van der Waals surface area contributed by atoms with Gasteiger partial charge in [0.15, 0.2) is 0 Å². The van der Waals surface area contributed by atoms with Gasteiger partial charge in [0.1, 0.15) is 5.75 Å². The van der Waals surface area contributed by atoms with Crippen molar-refractivity contribution in [2.75, 3.05) is 20.2 Å². The molecule has 1 aromatic carbocycles. The van der Waals surface area contributed by atoms with E-state index < -0.39 is 6.16 Å². The quantitative estimate of drug-likeness (QED) is 0.370. The molecule has 0 spiro atoms. The predicted octanol–water partition coefficient (Wildman–Crippen LogP) is -2.04. The average Bonchev–Trinajstić information content (AvgIpc) is 2.47. The van der Waals surface area contributed by atoms with Crippen LogP contribution in [0.5, 0.6) is 5.75 Å². The summed E-state index contributed by atoms with van der Waals surface area (Å²) in [6.45, 7) is 1.91. The number of benzene rings is 1. The SMILES string of the molecule is COc1ccc([N+](=O)[O-])cc1C1CCNCC1.O=C([O-])O.[K+]. The van der Waals surface area contributed by atoms with Crippen molar-refractivity contribution in [3.63, 3.8) is 0 Å². The van der Waals surface area contributed by atoms with Crippen LogP contribution in [0.1, 0.15) is 24.3 Å². The number of ether oxygens (including phenoxy) is 1. The minimum atomic E-state index is -2.08. The molecule has 1 heterocycles. The molecule has 1 aromatic rings. The van der Waals surface area contributed by atoms with Gasteiger partial charge >= 0.3 is 51.4 Å². The van der Waals surface area contributed by atoms with E-state index in [9.17, 15) is 10.1 Å². The van der Waals surface area contributed by atoms with Gasteiger partial charge in [-0.1, -0.05) is 0 Å². The van der Waals surface area contributed by atoms with Crippen LogP contribution in [-0.4, -0.2) is 36.4 Å². The van der Waals surface area contributed by atoms with E-state index in [-0.39, 0.29) is 62.0 Å². The van der Waals surface area contributed by atoms with Gasteiger partial charge in [-0.15, -0.1) is 0 Å². The molecule has 116 valence electrons. The Bertz CT molecular complexity index is 501. The summed E-state index contributed by atoms with van der Waals surface area (Å²) in [5.41, 5.74) is 1.10. The number of carboxylic acid groups (broad SMARTS) is 2. The second-order valence-electron chi connectivity index (χ2n) is 4.47. The standard InChI is InChI=1S/C12H16N2O3.CH2O3.K/c1-17-12-3-2-10(14(15)16)8-11(12)9-4-6-13-7-5-9;2-1(3)4;/h2-3,8-9,13H,4-7H2,1H3;(H2,2,3,4);/q;;+1/p-1. The first-order chi connectivity index (χ1) is 9.95. The minimum absolute atomic E-state index is 0. The number of nitro benzene ring substituents is 1. The number of piperidine rings is 1. The third kappa shape index (κ3) is 7.03. The molecule has 1 aliphatic rings. The molecule has 0 bridgehead atoms. The van der Waals surface area contributed by atoms with Gasteiger partial charge in [0.25, 0.3) is 5.69 Å². The number of nitrogens with zero attached hydrogens (tertiary/aromatic N) is 1. The van der Waals surface area contributed by atoms with E-state index in [1.807, 2.05) is 0 Å². The molecule has 8 nitrogen and oxygen atoms in total. The smallest absolute Gasteiger partial charge is 0.565 e. The van der Waals surface area contributed by atoms with Gasteiger partial charge in [0.2, 0.25) is 6.16 Å². The molecule has 0 atom stereocenters. The molecule has 1 saturated heterocycles. The van der Waals surface area contributed by atoms with Crippen LogP contribution in [0.25, 0.3) is 0 Å². The largest absolute Gasteiger partial charge is 1.00 e. The van der Waals surface area contributed by atoms with E-state index >= 15 is 0 Å². The molecule has 2 rings (SSSR count). The molecule has 1 aliphatic heterocycles. The van der Waals surface area contributed by atoms with Crippen LogP contribution in [0.15, 0.2) is 18.2 Å². The molecule has 2 N–H and O–H groups in total.